The fourth-order valence-electron chi connectivity index (χ4n) is 3.29. The molecule has 0 spiro atoms. The summed E-state index contributed by atoms with van der Waals surface area (Å²) in [4.78, 5) is 12.2. The first-order valence-electron chi connectivity index (χ1n) is 8.01. The normalized spacial score (nSPS) is 28.5. The lowest BCUT2D eigenvalue weighted by molar-refractivity contribution is -0.123. The van der Waals surface area contributed by atoms with Gasteiger partial charge in [0.1, 0.15) is 11.9 Å². The first-order valence-corrected chi connectivity index (χ1v) is 8.01. The van der Waals surface area contributed by atoms with Crippen molar-refractivity contribution in [3.63, 3.8) is 0 Å². The maximum absolute atomic E-state index is 12.2. The van der Waals surface area contributed by atoms with Crippen LogP contribution in [0.2, 0.25) is 0 Å². The molecule has 5 nitrogen and oxygen atoms in total. The Kier molecular flexibility index (Phi) is 4.64. The second-order valence-electron chi connectivity index (χ2n) is 6.20. The van der Waals surface area contributed by atoms with Gasteiger partial charge in [-0.15, -0.1) is 0 Å². The average Bonchev–Trinajstić information content (AvgIpc) is 2.86. The van der Waals surface area contributed by atoms with Crippen LogP contribution in [0.5, 0.6) is 5.75 Å². The lowest BCUT2D eigenvalue weighted by atomic mass is 9.93. The number of carbonyl (C=O) groups excluding carboxylic acids is 1. The Morgan fingerprint density at radius 1 is 1.45 bits per heavy atom. The van der Waals surface area contributed by atoms with Crippen LogP contribution < -0.4 is 15.4 Å². The second kappa shape index (κ2) is 6.67. The molecule has 2 aliphatic rings. The number of morpholine rings is 1. The maximum atomic E-state index is 12.2. The van der Waals surface area contributed by atoms with Gasteiger partial charge < -0.3 is 20.1 Å². The molecule has 120 valence electrons. The van der Waals surface area contributed by atoms with Gasteiger partial charge in [-0.05, 0) is 13.0 Å². The molecule has 0 radical (unpaired) electrons. The number of para-hydroxylation sites is 1. The molecule has 5 heteroatoms. The number of ether oxygens (including phenoxy) is 2. The van der Waals surface area contributed by atoms with Crippen LogP contribution in [0.25, 0.3) is 0 Å². The molecule has 0 aromatic heterocycles. The lowest BCUT2D eigenvalue weighted by Gasteiger charge is -2.26. The van der Waals surface area contributed by atoms with E-state index < -0.39 is 0 Å². The van der Waals surface area contributed by atoms with E-state index >= 15 is 0 Å². The van der Waals surface area contributed by atoms with Crippen LogP contribution in [0.4, 0.5) is 0 Å². The van der Waals surface area contributed by atoms with Crippen molar-refractivity contribution in [1.29, 1.82) is 0 Å². The summed E-state index contributed by atoms with van der Waals surface area (Å²) in [6.07, 6.45) is 0.426. The Morgan fingerprint density at radius 2 is 2.27 bits per heavy atom. The summed E-state index contributed by atoms with van der Waals surface area (Å²) < 4.78 is 11.4. The quantitative estimate of drug-likeness (QED) is 0.883. The van der Waals surface area contributed by atoms with Crippen LogP contribution in [-0.2, 0) is 9.53 Å². The third-order valence-corrected chi connectivity index (χ3v) is 4.48. The minimum absolute atomic E-state index is 0.0167. The molecule has 4 unspecified atom stereocenters. The molecule has 0 aliphatic carbocycles. The van der Waals surface area contributed by atoms with Crippen LogP contribution >= 0.6 is 0 Å². The van der Waals surface area contributed by atoms with Gasteiger partial charge in [-0.25, -0.2) is 0 Å². The third-order valence-electron chi connectivity index (χ3n) is 4.48. The van der Waals surface area contributed by atoms with Crippen molar-refractivity contribution < 1.29 is 14.3 Å². The van der Waals surface area contributed by atoms with E-state index in [0.29, 0.717) is 13.0 Å². The molecule has 1 aromatic carbocycles. The van der Waals surface area contributed by atoms with Gasteiger partial charge in [0, 0.05) is 30.5 Å². The van der Waals surface area contributed by atoms with E-state index in [9.17, 15) is 4.79 Å². The maximum Gasteiger partial charge on any atom is 0.221 e. The standard InChI is InChI=1S/C17H24N2O3/c1-11-14-5-3-4-6-15(14)22-17(11)12(2)19-16(20)9-13-10-21-8-7-18-13/h3-6,11-13,17-18H,7-10H2,1-2H3,(H,19,20). The van der Waals surface area contributed by atoms with E-state index in [2.05, 4.69) is 23.6 Å². The zero-order chi connectivity index (χ0) is 15.5. The zero-order valence-corrected chi connectivity index (χ0v) is 13.2. The number of nitrogens with one attached hydrogen (secondary N) is 2. The fraction of sp³-hybridized carbons (Fsp3) is 0.588. The summed E-state index contributed by atoms with van der Waals surface area (Å²) in [6.45, 7) is 6.29. The van der Waals surface area contributed by atoms with Gasteiger partial charge in [-0.2, -0.15) is 0 Å². The topological polar surface area (TPSA) is 59.6 Å². The van der Waals surface area contributed by atoms with Gasteiger partial charge in [0.15, 0.2) is 0 Å². The number of hydrogen-bond acceptors (Lipinski definition) is 4. The number of amides is 1. The van der Waals surface area contributed by atoms with Gasteiger partial charge in [0.05, 0.1) is 19.3 Å². The Morgan fingerprint density at radius 3 is 3.00 bits per heavy atom. The minimum Gasteiger partial charge on any atom is -0.487 e. The predicted molar refractivity (Wildman–Crippen MR) is 84.1 cm³/mol. The molecule has 22 heavy (non-hydrogen) atoms. The first-order chi connectivity index (χ1) is 10.6. The van der Waals surface area contributed by atoms with Crippen LogP contribution in [0.15, 0.2) is 24.3 Å². The van der Waals surface area contributed by atoms with Crippen molar-refractivity contribution in [1.82, 2.24) is 10.6 Å². The Hall–Kier alpha value is -1.59. The molecule has 1 amide bonds. The molecule has 1 fully saturated rings. The Bertz CT molecular complexity index is 528. The van der Waals surface area contributed by atoms with Gasteiger partial charge in [0.2, 0.25) is 5.91 Å². The Labute approximate surface area is 131 Å². The molecular formula is C17H24N2O3. The Balaban J connectivity index is 1.54. The van der Waals surface area contributed by atoms with Crippen molar-refractivity contribution in [2.24, 2.45) is 0 Å². The lowest BCUT2D eigenvalue weighted by Crippen LogP contribution is -2.48. The highest BCUT2D eigenvalue weighted by Crippen LogP contribution is 2.38. The minimum atomic E-state index is -0.0283. The summed E-state index contributed by atoms with van der Waals surface area (Å²) in [5, 5.41) is 6.37. The van der Waals surface area contributed by atoms with Crippen molar-refractivity contribution in [2.45, 2.75) is 44.4 Å². The number of hydrogen-bond donors (Lipinski definition) is 2. The van der Waals surface area contributed by atoms with Gasteiger partial charge >= 0.3 is 0 Å². The molecule has 1 aromatic rings. The van der Waals surface area contributed by atoms with E-state index in [4.69, 9.17) is 9.47 Å². The second-order valence-corrected chi connectivity index (χ2v) is 6.20. The van der Waals surface area contributed by atoms with Gasteiger partial charge in [-0.3, -0.25) is 4.79 Å². The molecule has 1 saturated heterocycles. The summed E-state index contributed by atoms with van der Waals surface area (Å²) in [6, 6.07) is 8.17. The predicted octanol–water partition coefficient (Wildman–Crippen LogP) is 1.43. The first kappa shape index (κ1) is 15.3. The summed E-state index contributed by atoms with van der Waals surface area (Å²) in [5.41, 5.74) is 1.22. The highest BCUT2D eigenvalue weighted by atomic mass is 16.5. The molecule has 2 N–H and O–H groups in total. The van der Waals surface area contributed by atoms with Crippen molar-refractivity contribution in [3.05, 3.63) is 29.8 Å². The van der Waals surface area contributed by atoms with E-state index in [1.807, 2.05) is 25.1 Å². The van der Waals surface area contributed by atoms with Gasteiger partial charge in [-0.1, -0.05) is 25.1 Å². The molecule has 0 bridgehead atoms. The largest absolute Gasteiger partial charge is 0.487 e. The summed E-state index contributed by atoms with van der Waals surface area (Å²) >= 11 is 0. The average molecular weight is 304 g/mol. The monoisotopic (exact) mass is 304 g/mol. The van der Waals surface area contributed by atoms with Crippen LogP contribution in [-0.4, -0.2) is 43.9 Å². The van der Waals surface area contributed by atoms with E-state index in [1.54, 1.807) is 0 Å². The molecule has 0 saturated carbocycles. The van der Waals surface area contributed by atoms with Gasteiger partial charge in [0.25, 0.3) is 0 Å². The van der Waals surface area contributed by atoms with Crippen molar-refractivity contribution >= 4 is 5.91 Å². The number of benzene rings is 1. The van der Waals surface area contributed by atoms with Crippen LogP contribution in [0.3, 0.4) is 0 Å². The fourth-order valence-corrected chi connectivity index (χ4v) is 3.29. The van der Waals surface area contributed by atoms with E-state index in [-0.39, 0.29) is 30.0 Å². The number of rotatable bonds is 4. The molecule has 2 heterocycles. The summed E-state index contributed by atoms with van der Waals surface area (Å²) in [5.74, 6) is 1.26. The molecule has 3 rings (SSSR count). The highest BCUT2D eigenvalue weighted by Gasteiger charge is 2.35. The van der Waals surface area contributed by atoms with Crippen molar-refractivity contribution in [3.8, 4) is 5.75 Å². The smallest absolute Gasteiger partial charge is 0.221 e. The number of fused-ring (bicyclic) bond motifs is 1. The van der Waals surface area contributed by atoms with Crippen LogP contribution in [0, 0.1) is 0 Å². The zero-order valence-electron chi connectivity index (χ0n) is 13.2. The highest BCUT2D eigenvalue weighted by molar-refractivity contribution is 5.77. The SMILES string of the molecule is CC(NC(=O)CC1COCCN1)C1Oc2ccccc2C1C. The molecular weight excluding hydrogens is 280 g/mol. The van der Waals surface area contributed by atoms with Crippen molar-refractivity contribution in [2.75, 3.05) is 19.8 Å². The molecule has 2 aliphatic heterocycles. The number of carbonyl (C=O) groups is 1. The van der Waals surface area contributed by atoms with E-state index in [0.717, 1.165) is 18.9 Å². The van der Waals surface area contributed by atoms with Crippen LogP contribution in [0.1, 0.15) is 31.7 Å². The third kappa shape index (κ3) is 3.25. The molecule has 4 atom stereocenters. The van der Waals surface area contributed by atoms with E-state index in [1.165, 1.54) is 5.56 Å². The summed E-state index contributed by atoms with van der Waals surface area (Å²) in [7, 11) is 0.